The highest BCUT2D eigenvalue weighted by molar-refractivity contribution is 6.40. The van der Waals surface area contributed by atoms with Crippen molar-refractivity contribution in [1.82, 2.24) is 0 Å². The number of carbonyl (C=O) groups excluding carboxylic acids is 1. The average Bonchev–Trinajstić information content (AvgIpc) is 2.18. The molecule has 1 aromatic carbocycles. The molecule has 1 atom stereocenters. The highest BCUT2D eigenvalue weighted by Crippen LogP contribution is 2.06. The van der Waals surface area contributed by atoms with Crippen LogP contribution >= 0.6 is 11.6 Å². The molecular weight excluding hydrogens is 204 g/mol. The summed E-state index contributed by atoms with van der Waals surface area (Å²) in [6.07, 6.45) is 0.0569. The van der Waals surface area contributed by atoms with Gasteiger partial charge >= 0.3 is 5.97 Å². The smallest absolute Gasteiger partial charge is 0.329 e. The van der Waals surface area contributed by atoms with E-state index in [2.05, 4.69) is 0 Å². The minimum atomic E-state index is -1.45. The van der Waals surface area contributed by atoms with Crippen molar-refractivity contribution in [2.45, 2.75) is 11.8 Å². The van der Waals surface area contributed by atoms with Crippen molar-refractivity contribution in [3.05, 3.63) is 35.9 Å². The third-order valence-electron chi connectivity index (χ3n) is 1.72. The quantitative estimate of drug-likeness (QED) is 0.608. The number of carboxylic acids is 1. The van der Waals surface area contributed by atoms with Crippen LogP contribution in [0.25, 0.3) is 0 Å². The highest BCUT2D eigenvalue weighted by Gasteiger charge is 2.22. The van der Waals surface area contributed by atoms with E-state index in [4.69, 9.17) is 16.7 Å². The van der Waals surface area contributed by atoms with Crippen LogP contribution < -0.4 is 0 Å². The van der Waals surface area contributed by atoms with Gasteiger partial charge in [-0.1, -0.05) is 30.3 Å². The van der Waals surface area contributed by atoms with Crippen molar-refractivity contribution in [2.75, 3.05) is 0 Å². The molecule has 0 bridgehead atoms. The first kappa shape index (κ1) is 10.7. The Hall–Kier alpha value is -1.35. The maximum Gasteiger partial charge on any atom is 0.329 e. The van der Waals surface area contributed by atoms with E-state index in [1.807, 2.05) is 6.07 Å². The molecule has 0 aliphatic carbocycles. The summed E-state index contributed by atoms with van der Waals surface area (Å²) in [5.41, 5.74) is 0.768. The second-order valence-corrected chi connectivity index (χ2v) is 3.27. The summed E-state index contributed by atoms with van der Waals surface area (Å²) in [4.78, 5) is 21.6. The van der Waals surface area contributed by atoms with E-state index >= 15 is 0 Å². The molecule has 0 saturated heterocycles. The number of Topliss-reactive ketones (excluding diaryl/α,β-unsaturated/α-hetero) is 1. The molecule has 0 aliphatic heterocycles. The maximum absolute atomic E-state index is 11.2. The number of hydrogen-bond acceptors (Lipinski definition) is 2. The van der Waals surface area contributed by atoms with Crippen molar-refractivity contribution in [1.29, 1.82) is 0 Å². The zero-order chi connectivity index (χ0) is 10.6. The molecule has 0 fully saturated rings. The second kappa shape index (κ2) is 4.77. The average molecular weight is 213 g/mol. The fourth-order valence-electron chi connectivity index (χ4n) is 1.02. The van der Waals surface area contributed by atoms with Gasteiger partial charge in [-0.15, -0.1) is 11.6 Å². The van der Waals surface area contributed by atoms with E-state index in [0.29, 0.717) is 0 Å². The second-order valence-electron chi connectivity index (χ2n) is 2.83. The third kappa shape index (κ3) is 2.85. The fraction of sp³-hybridized carbons (Fsp3) is 0.200. The summed E-state index contributed by atoms with van der Waals surface area (Å²) in [7, 11) is 0. The van der Waals surface area contributed by atoms with Gasteiger partial charge in [0.1, 0.15) is 0 Å². The van der Waals surface area contributed by atoms with E-state index in [0.717, 1.165) is 5.56 Å². The Kier molecular flexibility index (Phi) is 3.65. The van der Waals surface area contributed by atoms with Crippen molar-refractivity contribution < 1.29 is 14.7 Å². The Morgan fingerprint density at radius 1 is 1.29 bits per heavy atom. The number of rotatable bonds is 4. The summed E-state index contributed by atoms with van der Waals surface area (Å²) in [6, 6.07) is 8.90. The Morgan fingerprint density at radius 2 is 1.86 bits per heavy atom. The van der Waals surface area contributed by atoms with Gasteiger partial charge < -0.3 is 5.11 Å². The number of ketones is 1. The van der Waals surface area contributed by atoms with Gasteiger partial charge in [-0.2, -0.15) is 0 Å². The van der Waals surface area contributed by atoms with Crippen LogP contribution in [0.2, 0.25) is 0 Å². The zero-order valence-electron chi connectivity index (χ0n) is 7.31. The fourth-order valence-corrected chi connectivity index (χ4v) is 1.10. The number of aliphatic carboxylic acids is 1. The van der Waals surface area contributed by atoms with E-state index in [1.165, 1.54) is 0 Å². The topological polar surface area (TPSA) is 54.4 Å². The van der Waals surface area contributed by atoms with Gasteiger partial charge in [-0.05, 0) is 5.56 Å². The molecule has 0 heterocycles. The van der Waals surface area contributed by atoms with Crippen LogP contribution in [0.3, 0.4) is 0 Å². The molecular formula is C10H9ClO3. The van der Waals surface area contributed by atoms with Gasteiger partial charge in [0, 0.05) is 6.42 Å². The Morgan fingerprint density at radius 3 is 2.36 bits per heavy atom. The highest BCUT2D eigenvalue weighted by atomic mass is 35.5. The minimum absolute atomic E-state index is 0.0569. The lowest BCUT2D eigenvalue weighted by molar-refractivity contribution is -0.139. The molecule has 0 saturated carbocycles. The molecule has 3 nitrogen and oxygen atoms in total. The molecule has 1 unspecified atom stereocenters. The molecule has 4 heteroatoms. The summed E-state index contributed by atoms with van der Waals surface area (Å²) in [5, 5.41) is 7.03. The van der Waals surface area contributed by atoms with E-state index in [9.17, 15) is 9.59 Å². The molecule has 0 aliphatic rings. The number of halogens is 1. The number of benzene rings is 1. The molecule has 14 heavy (non-hydrogen) atoms. The predicted molar refractivity (Wildman–Crippen MR) is 52.4 cm³/mol. The Balaban J connectivity index is 2.62. The lowest BCUT2D eigenvalue weighted by atomic mass is 10.1. The molecule has 74 valence electrons. The lowest BCUT2D eigenvalue weighted by Crippen LogP contribution is -2.25. The van der Waals surface area contributed by atoms with Crippen molar-refractivity contribution in [3.63, 3.8) is 0 Å². The van der Waals surface area contributed by atoms with Crippen molar-refractivity contribution in [2.24, 2.45) is 0 Å². The van der Waals surface area contributed by atoms with E-state index < -0.39 is 17.1 Å². The maximum atomic E-state index is 11.2. The molecule has 1 aromatic rings. The number of carboxylic acid groups (broad SMARTS) is 1. The van der Waals surface area contributed by atoms with Crippen LogP contribution in [0.1, 0.15) is 5.56 Å². The van der Waals surface area contributed by atoms with Crippen molar-refractivity contribution >= 4 is 23.4 Å². The largest absolute Gasteiger partial charge is 0.480 e. The molecule has 0 spiro atoms. The Labute approximate surface area is 86.3 Å². The summed E-state index contributed by atoms with van der Waals surface area (Å²) >= 11 is 5.37. The van der Waals surface area contributed by atoms with Gasteiger partial charge in [0.05, 0.1) is 0 Å². The zero-order valence-corrected chi connectivity index (χ0v) is 8.07. The first-order chi connectivity index (χ1) is 6.61. The molecule has 0 aromatic heterocycles. The first-order valence-electron chi connectivity index (χ1n) is 4.05. The van der Waals surface area contributed by atoms with Crippen LogP contribution in [-0.4, -0.2) is 22.2 Å². The van der Waals surface area contributed by atoms with Crippen LogP contribution in [-0.2, 0) is 16.0 Å². The van der Waals surface area contributed by atoms with Crippen LogP contribution in [0.5, 0.6) is 0 Å². The third-order valence-corrected chi connectivity index (χ3v) is 2.15. The molecule has 0 amide bonds. The number of hydrogen-bond donors (Lipinski definition) is 1. The predicted octanol–water partition coefficient (Wildman–Crippen LogP) is 1.49. The van der Waals surface area contributed by atoms with Crippen LogP contribution in [0.4, 0.5) is 0 Å². The molecule has 1 N–H and O–H groups in total. The van der Waals surface area contributed by atoms with Gasteiger partial charge in [-0.25, -0.2) is 0 Å². The molecule has 1 rings (SSSR count). The van der Waals surface area contributed by atoms with Crippen LogP contribution in [0, 0.1) is 0 Å². The van der Waals surface area contributed by atoms with Crippen LogP contribution in [0.15, 0.2) is 30.3 Å². The summed E-state index contributed by atoms with van der Waals surface area (Å²) in [6.45, 7) is 0. The van der Waals surface area contributed by atoms with Gasteiger partial charge in [-0.3, -0.25) is 9.59 Å². The Bertz CT molecular complexity index is 334. The van der Waals surface area contributed by atoms with Crippen molar-refractivity contribution in [3.8, 4) is 0 Å². The molecule has 0 radical (unpaired) electrons. The van der Waals surface area contributed by atoms with E-state index in [1.54, 1.807) is 24.3 Å². The summed E-state index contributed by atoms with van der Waals surface area (Å²) < 4.78 is 0. The standard InChI is InChI=1S/C10H9ClO3/c11-9(10(13)14)8(12)6-7-4-2-1-3-5-7/h1-5,9H,6H2,(H,13,14). The number of carbonyl (C=O) groups is 2. The van der Waals surface area contributed by atoms with Gasteiger partial charge in [0.25, 0.3) is 0 Å². The van der Waals surface area contributed by atoms with E-state index in [-0.39, 0.29) is 6.42 Å². The number of alkyl halides is 1. The lowest BCUT2D eigenvalue weighted by Gasteiger charge is -2.02. The minimum Gasteiger partial charge on any atom is -0.480 e. The normalized spacial score (nSPS) is 12.1. The van der Waals surface area contributed by atoms with Gasteiger partial charge in [0.2, 0.25) is 0 Å². The first-order valence-corrected chi connectivity index (χ1v) is 4.48. The SMILES string of the molecule is O=C(O)C(Cl)C(=O)Cc1ccccc1. The van der Waals surface area contributed by atoms with Gasteiger partial charge in [0.15, 0.2) is 11.2 Å². The summed E-state index contributed by atoms with van der Waals surface area (Å²) in [5.74, 6) is -1.79. The monoisotopic (exact) mass is 212 g/mol.